The molecule has 0 aliphatic rings. The molecule has 0 aromatic carbocycles. The van der Waals surface area contributed by atoms with E-state index in [1.54, 1.807) is 0 Å². The molecule has 0 aliphatic carbocycles. The van der Waals surface area contributed by atoms with Crippen molar-refractivity contribution in [3.05, 3.63) is 18.2 Å². The first-order valence-electron chi connectivity index (χ1n) is 2.54. The van der Waals surface area contributed by atoms with Gasteiger partial charge in [-0.1, -0.05) is 0 Å². The Kier molecular flexibility index (Phi) is 1.83. The zero-order valence-corrected chi connectivity index (χ0v) is 10.8. The minimum absolute atomic E-state index is 0.573. The summed E-state index contributed by atoms with van der Waals surface area (Å²) >= 11 is 0.573. The van der Waals surface area contributed by atoms with E-state index in [1.165, 1.54) is 3.58 Å². The number of nitrogens with zero attached hydrogens (tertiary/aromatic N) is 2. The van der Waals surface area contributed by atoms with Gasteiger partial charge in [-0.05, 0) is 0 Å². The Labute approximate surface area is 61.4 Å². The molecule has 1 rings (SSSR count). The maximum atomic E-state index is 4.02. The fourth-order valence-electron chi connectivity index (χ4n) is 0.457. The Balaban J connectivity index is 3.03. The first kappa shape index (κ1) is 6.01. The normalized spacial score (nSPS) is 9.62. The van der Waals surface area contributed by atoms with Gasteiger partial charge in [0.2, 0.25) is 0 Å². The molecule has 0 N–H and O–H groups in total. The van der Waals surface area contributed by atoms with Crippen molar-refractivity contribution in [1.29, 1.82) is 0 Å². The molecule has 1 aromatic rings. The molecule has 0 saturated heterocycles. The van der Waals surface area contributed by atoms with Crippen LogP contribution < -0.4 is 3.58 Å². The molecule has 0 amide bonds. The predicted octanol–water partition coefficient (Wildman–Crippen LogP) is -1.22. The van der Waals surface area contributed by atoms with Crippen molar-refractivity contribution < 1.29 is 0 Å². The Morgan fingerprint density at radius 1 is 1.38 bits per heavy atom. The Morgan fingerprint density at radius 3 is 2.25 bits per heavy atom. The van der Waals surface area contributed by atoms with Gasteiger partial charge in [0.1, 0.15) is 0 Å². The van der Waals surface area contributed by atoms with E-state index in [4.69, 9.17) is 0 Å². The summed E-state index contributed by atoms with van der Waals surface area (Å²) in [5.74, 6) is 0.863. The van der Waals surface area contributed by atoms with E-state index in [-0.39, 0.29) is 0 Å². The van der Waals surface area contributed by atoms with Gasteiger partial charge in [0.05, 0.1) is 0 Å². The van der Waals surface area contributed by atoms with Crippen LogP contribution in [0, 0.1) is 6.92 Å². The van der Waals surface area contributed by atoms with Crippen molar-refractivity contribution in [2.75, 3.05) is 0 Å². The van der Waals surface area contributed by atoms with Gasteiger partial charge in [-0.15, -0.1) is 0 Å². The van der Waals surface area contributed by atoms with Gasteiger partial charge in [0.15, 0.2) is 0 Å². The topological polar surface area (TPSA) is 25.8 Å². The molecule has 0 radical (unpaired) electrons. The van der Waals surface area contributed by atoms with E-state index < -0.39 is 0 Å². The molecule has 2 nitrogen and oxygen atoms in total. The van der Waals surface area contributed by atoms with Gasteiger partial charge in [0, 0.05) is 0 Å². The van der Waals surface area contributed by atoms with Crippen LogP contribution in [0.4, 0.5) is 0 Å². The molecule has 42 valence electrons. The van der Waals surface area contributed by atoms with Crippen molar-refractivity contribution >= 4 is 26.1 Å². The molecular weight excluding hydrogens is 207 g/mol. The first-order chi connectivity index (χ1) is 3.79. The van der Waals surface area contributed by atoms with Gasteiger partial charge >= 0.3 is 61.2 Å². The van der Waals surface area contributed by atoms with Crippen LogP contribution in [0.15, 0.2) is 12.4 Å². The van der Waals surface area contributed by atoms with Crippen LogP contribution in [-0.4, -0.2) is 32.5 Å². The standard InChI is InChI=1S/C5H5N2.Sn.3H/c1-5-6-3-2-4-7-5;;;;/h3-4H,1H3;;;;. The Hall–Kier alpha value is -0.121. The number of aromatic nitrogens is 2. The second kappa shape index (κ2) is 2.44. The van der Waals surface area contributed by atoms with Crippen LogP contribution >= 0.6 is 0 Å². The number of hydrogen-bond acceptors (Lipinski definition) is 2. The van der Waals surface area contributed by atoms with Crippen LogP contribution in [0.1, 0.15) is 5.82 Å². The quantitative estimate of drug-likeness (QED) is 0.506. The van der Waals surface area contributed by atoms with E-state index in [9.17, 15) is 0 Å². The number of hydrogen-bond donors (Lipinski definition) is 0. The van der Waals surface area contributed by atoms with Crippen molar-refractivity contribution in [3.8, 4) is 0 Å². The van der Waals surface area contributed by atoms with E-state index in [2.05, 4.69) is 9.97 Å². The summed E-state index contributed by atoms with van der Waals surface area (Å²) in [6.45, 7) is 1.90. The molecular formula is C5H8N2Sn. The zero-order valence-electron chi connectivity index (χ0n) is 5.05. The summed E-state index contributed by atoms with van der Waals surface area (Å²) in [6.07, 6.45) is 3.80. The van der Waals surface area contributed by atoms with Gasteiger partial charge in [-0.3, -0.25) is 0 Å². The first-order valence-corrected chi connectivity index (χ1v) is 5.40. The van der Waals surface area contributed by atoms with Crippen molar-refractivity contribution in [2.24, 2.45) is 0 Å². The van der Waals surface area contributed by atoms with Gasteiger partial charge < -0.3 is 0 Å². The summed E-state index contributed by atoms with van der Waals surface area (Å²) in [5, 5.41) is 0. The van der Waals surface area contributed by atoms with E-state index >= 15 is 0 Å². The molecule has 0 saturated carbocycles. The fourth-order valence-corrected chi connectivity index (χ4v) is 1.19. The predicted molar refractivity (Wildman–Crippen MR) is 36.3 cm³/mol. The summed E-state index contributed by atoms with van der Waals surface area (Å²) in [7, 11) is 0. The Bertz CT molecular complexity index is 149. The summed E-state index contributed by atoms with van der Waals surface area (Å²) in [6, 6.07) is 0. The van der Waals surface area contributed by atoms with Crippen LogP contribution in [-0.2, 0) is 0 Å². The average Bonchev–Trinajstić information content (AvgIpc) is 1.77. The molecule has 1 aromatic heterocycles. The summed E-state index contributed by atoms with van der Waals surface area (Å²) < 4.78 is 1.32. The zero-order chi connectivity index (χ0) is 5.98. The molecule has 0 aliphatic heterocycles. The van der Waals surface area contributed by atoms with Crippen LogP contribution in [0.25, 0.3) is 0 Å². The number of rotatable bonds is 0. The van der Waals surface area contributed by atoms with Crippen molar-refractivity contribution in [3.63, 3.8) is 0 Å². The monoisotopic (exact) mass is 216 g/mol. The average molecular weight is 215 g/mol. The van der Waals surface area contributed by atoms with Crippen LogP contribution in [0.5, 0.6) is 0 Å². The molecule has 0 spiro atoms. The van der Waals surface area contributed by atoms with Crippen LogP contribution in [0.3, 0.4) is 0 Å². The van der Waals surface area contributed by atoms with Crippen molar-refractivity contribution in [2.45, 2.75) is 6.92 Å². The number of aryl methyl sites for hydroxylation is 1. The van der Waals surface area contributed by atoms with Gasteiger partial charge in [-0.25, -0.2) is 0 Å². The fraction of sp³-hybridized carbons (Fsp3) is 0.200. The molecule has 0 unspecified atom stereocenters. The Morgan fingerprint density at radius 2 is 1.88 bits per heavy atom. The van der Waals surface area contributed by atoms with Crippen molar-refractivity contribution in [1.82, 2.24) is 9.97 Å². The van der Waals surface area contributed by atoms with E-state index in [0.29, 0.717) is 22.5 Å². The molecule has 3 heteroatoms. The van der Waals surface area contributed by atoms with E-state index in [0.717, 1.165) is 5.82 Å². The third-order valence-corrected chi connectivity index (χ3v) is 2.38. The third-order valence-electron chi connectivity index (χ3n) is 0.910. The molecule has 0 bridgehead atoms. The van der Waals surface area contributed by atoms with Crippen LogP contribution in [0.2, 0.25) is 0 Å². The SMILES string of the molecule is Cc1nc[c]([SnH3])cn1. The molecule has 0 atom stereocenters. The summed E-state index contributed by atoms with van der Waals surface area (Å²) in [5.41, 5.74) is 0. The third kappa shape index (κ3) is 1.43. The molecule has 1 heterocycles. The molecule has 0 fully saturated rings. The van der Waals surface area contributed by atoms with Gasteiger partial charge in [-0.2, -0.15) is 0 Å². The maximum absolute atomic E-state index is 4.02. The minimum atomic E-state index is 0.573. The second-order valence-electron chi connectivity index (χ2n) is 1.81. The van der Waals surface area contributed by atoms with Gasteiger partial charge in [0.25, 0.3) is 0 Å². The second-order valence-corrected chi connectivity index (χ2v) is 5.10. The van der Waals surface area contributed by atoms with E-state index in [1.807, 2.05) is 19.3 Å². The molecule has 8 heavy (non-hydrogen) atoms. The summed E-state index contributed by atoms with van der Waals surface area (Å²) in [4.78, 5) is 8.04.